The van der Waals surface area contributed by atoms with Gasteiger partial charge >= 0.3 is 0 Å². The summed E-state index contributed by atoms with van der Waals surface area (Å²) in [4.78, 5) is 23.6. The quantitative estimate of drug-likeness (QED) is 0.431. The molecule has 33 heavy (non-hydrogen) atoms. The fraction of sp³-hybridized carbons (Fsp3) is 0.333. The summed E-state index contributed by atoms with van der Waals surface area (Å²) in [6.45, 7) is 1.00. The normalized spacial score (nSPS) is 14.9. The number of aliphatic hydroxyl groups excluding tert-OH is 1. The number of hydrogen-bond donors (Lipinski definition) is 1. The molecule has 3 heterocycles. The molecule has 0 spiro atoms. The van der Waals surface area contributed by atoms with Crippen LogP contribution in [0.25, 0.3) is 5.69 Å². The minimum atomic E-state index is -3.35. The highest BCUT2D eigenvalue weighted by Gasteiger charge is 2.24. The number of hydrogen-bond acceptors (Lipinski definition) is 9. The topological polar surface area (TPSA) is 128 Å². The molecule has 1 fully saturated rings. The number of ether oxygens (including phenoxy) is 1. The molecule has 3 aromatic rings. The van der Waals surface area contributed by atoms with E-state index in [1.165, 1.54) is 30.3 Å². The number of aromatic nitrogens is 4. The summed E-state index contributed by atoms with van der Waals surface area (Å²) in [5.74, 6) is 0.923. The first-order valence-electron chi connectivity index (χ1n) is 10.2. The molecule has 12 heteroatoms. The van der Waals surface area contributed by atoms with E-state index in [1.807, 2.05) is 0 Å². The van der Waals surface area contributed by atoms with Gasteiger partial charge in [0.15, 0.2) is 15.6 Å². The molecule has 0 bridgehead atoms. The Morgan fingerprint density at radius 3 is 2.36 bits per heavy atom. The smallest absolute Gasteiger partial charge is 0.275 e. The van der Waals surface area contributed by atoms with Crippen molar-refractivity contribution in [1.82, 2.24) is 19.7 Å². The Morgan fingerprint density at radius 1 is 1.15 bits per heavy atom. The Hall–Kier alpha value is -2.58. The number of sulfone groups is 1. The second-order valence-electron chi connectivity index (χ2n) is 7.64. The summed E-state index contributed by atoms with van der Waals surface area (Å²) in [6.07, 6.45) is 5.93. The van der Waals surface area contributed by atoms with E-state index in [9.17, 15) is 18.3 Å². The highest BCUT2D eigenvalue weighted by Crippen LogP contribution is 2.23. The van der Waals surface area contributed by atoms with Crippen LogP contribution in [-0.4, -0.2) is 58.7 Å². The van der Waals surface area contributed by atoms with Gasteiger partial charge in [0.05, 0.1) is 17.2 Å². The van der Waals surface area contributed by atoms with Gasteiger partial charge in [0.2, 0.25) is 5.95 Å². The highest BCUT2D eigenvalue weighted by atomic mass is 127. The van der Waals surface area contributed by atoms with Crippen LogP contribution in [0.3, 0.4) is 0 Å². The molecular weight excluding hydrogens is 561 g/mol. The minimum Gasteiger partial charge on any atom is -0.488 e. The Kier molecular flexibility index (Phi) is 6.95. The van der Waals surface area contributed by atoms with Gasteiger partial charge in [0.1, 0.15) is 11.8 Å². The summed E-state index contributed by atoms with van der Waals surface area (Å²) < 4.78 is 31.4. The predicted molar refractivity (Wildman–Crippen MR) is 129 cm³/mol. The molecule has 0 saturated carbocycles. The van der Waals surface area contributed by atoms with E-state index in [-0.39, 0.29) is 22.4 Å². The zero-order valence-corrected chi connectivity index (χ0v) is 20.7. The number of piperidine rings is 1. The predicted octanol–water partition coefficient (Wildman–Crippen LogP) is 1.57. The lowest BCUT2D eigenvalue weighted by atomic mass is 10.1. The Labute approximate surface area is 204 Å². The van der Waals surface area contributed by atoms with Gasteiger partial charge in [-0.2, -0.15) is 9.78 Å². The Morgan fingerprint density at radius 2 is 1.79 bits per heavy atom. The SMILES string of the molecule is CS(=O)(=O)c1ccc(-n2nc(CO)c(OC3CCN(c4ncc(I)cn4)CC3)cc2=O)cc1. The lowest BCUT2D eigenvalue weighted by Crippen LogP contribution is -2.39. The van der Waals surface area contributed by atoms with Crippen LogP contribution in [0.1, 0.15) is 18.5 Å². The van der Waals surface area contributed by atoms with Gasteiger partial charge in [-0.15, -0.1) is 0 Å². The maximum Gasteiger partial charge on any atom is 0.275 e. The molecule has 1 aliphatic heterocycles. The zero-order valence-electron chi connectivity index (χ0n) is 17.8. The molecule has 4 rings (SSSR count). The number of nitrogens with zero attached hydrogens (tertiary/aromatic N) is 5. The van der Waals surface area contributed by atoms with Gasteiger partial charge in [-0.05, 0) is 46.9 Å². The lowest BCUT2D eigenvalue weighted by molar-refractivity contribution is 0.161. The van der Waals surface area contributed by atoms with Crippen molar-refractivity contribution in [1.29, 1.82) is 0 Å². The van der Waals surface area contributed by atoms with Crippen molar-refractivity contribution in [3.05, 3.63) is 62.3 Å². The van der Waals surface area contributed by atoms with E-state index in [2.05, 4.69) is 42.6 Å². The molecule has 0 atom stereocenters. The first kappa shape index (κ1) is 23.6. The van der Waals surface area contributed by atoms with Crippen LogP contribution >= 0.6 is 22.6 Å². The average molecular weight is 583 g/mol. The highest BCUT2D eigenvalue weighted by molar-refractivity contribution is 14.1. The molecule has 1 aliphatic rings. The van der Waals surface area contributed by atoms with E-state index in [1.54, 1.807) is 12.4 Å². The standard InChI is InChI=1S/C21H22IN5O5S/c1-33(30,31)17-4-2-15(3-5-17)27-20(29)10-19(18(13-28)25-27)32-16-6-8-26(9-7-16)21-23-11-14(22)12-24-21/h2-5,10-12,16,28H,6-9,13H2,1H3. The molecule has 0 amide bonds. The van der Waals surface area contributed by atoms with Crippen LogP contribution in [0.5, 0.6) is 5.75 Å². The summed E-state index contributed by atoms with van der Waals surface area (Å²) >= 11 is 2.16. The van der Waals surface area contributed by atoms with Gasteiger partial charge in [-0.1, -0.05) is 0 Å². The van der Waals surface area contributed by atoms with Gasteiger partial charge < -0.3 is 14.7 Å². The van der Waals surface area contributed by atoms with Crippen molar-refractivity contribution >= 4 is 38.4 Å². The van der Waals surface area contributed by atoms with Crippen LogP contribution in [-0.2, 0) is 16.4 Å². The zero-order chi connectivity index (χ0) is 23.6. The van der Waals surface area contributed by atoms with Crippen molar-refractivity contribution in [2.75, 3.05) is 24.2 Å². The summed E-state index contributed by atoms with van der Waals surface area (Å²) in [5, 5.41) is 14.0. The summed E-state index contributed by atoms with van der Waals surface area (Å²) in [6, 6.07) is 7.11. The maximum atomic E-state index is 12.7. The van der Waals surface area contributed by atoms with Crippen LogP contribution in [0, 0.1) is 3.57 Å². The second-order valence-corrected chi connectivity index (χ2v) is 10.9. The fourth-order valence-corrected chi connectivity index (χ4v) is 4.44. The number of anilines is 1. The van der Waals surface area contributed by atoms with Crippen molar-refractivity contribution < 1.29 is 18.3 Å². The van der Waals surface area contributed by atoms with Crippen molar-refractivity contribution in [2.24, 2.45) is 0 Å². The second kappa shape index (κ2) is 9.73. The van der Waals surface area contributed by atoms with Crippen molar-refractivity contribution in [3.8, 4) is 11.4 Å². The molecule has 1 N–H and O–H groups in total. The fourth-order valence-electron chi connectivity index (χ4n) is 3.53. The number of rotatable bonds is 6. The Balaban J connectivity index is 1.48. The number of aliphatic hydroxyl groups is 1. The van der Waals surface area contributed by atoms with Gasteiger partial charge in [-0.25, -0.2) is 18.4 Å². The number of benzene rings is 1. The molecule has 1 saturated heterocycles. The van der Waals surface area contributed by atoms with Gasteiger partial charge in [0, 0.05) is 54.2 Å². The van der Waals surface area contributed by atoms with Crippen molar-refractivity contribution in [2.45, 2.75) is 30.4 Å². The maximum absolute atomic E-state index is 12.7. The molecule has 1 aromatic carbocycles. The van der Waals surface area contributed by atoms with E-state index in [4.69, 9.17) is 4.74 Å². The third-order valence-electron chi connectivity index (χ3n) is 5.25. The molecule has 174 valence electrons. The third kappa shape index (κ3) is 5.50. The van der Waals surface area contributed by atoms with Gasteiger partial charge in [-0.3, -0.25) is 4.79 Å². The largest absolute Gasteiger partial charge is 0.488 e. The average Bonchev–Trinajstić information content (AvgIpc) is 2.80. The molecule has 0 radical (unpaired) electrons. The molecule has 2 aromatic heterocycles. The minimum absolute atomic E-state index is 0.138. The molecule has 0 unspecified atom stereocenters. The first-order valence-corrected chi connectivity index (χ1v) is 13.2. The van der Waals surface area contributed by atoms with Crippen LogP contribution < -0.4 is 15.2 Å². The number of halogens is 1. The van der Waals surface area contributed by atoms with E-state index < -0.39 is 22.0 Å². The first-order chi connectivity index (χ1) is 15.7. The van der Waals surface area contributed by atoms with Crippen molar-refractivity contribution in [3.63, 3.8) is 0 Å². The summed E-state index contributed by atoms with van der Waals surface area (Å²) in [5.41, 5.74) is 0.170. The van der Waals surface area contributed by atoms with E-state index >= 15 is 0 Å². The summed E-state index contributed by atoms with van der Waals surface area (Å²) in [7, 11) is -3.35. The molecular formula is C21H22IN5O5S. The molecule has 0 aliphatic carbocycles. The van der Waals surface area contributed by atoms with Crippen LogP contribution in [0.2, 0.25) is 0 Å². The van der Waals surface area contributed by atoms with E-state index in [0.29, 0.717) is 37.6 Å². The van der Waals surface area contributed by atoms with Crippen LogP contribution in [0.15, 0.2) is 52.4 Å². The monoisotopic (exact) mass is 583 g/mol. The lowest BCUT2D eigenvalue weighted by Gasteiger charge is -2.32. The van der Waals surface area contributed by atoms with Gasteiger partial charge in [0.25, 0.3) is 5.56 Å². The third-order valence-corrected chi connectivity index (χ3v) is 6.94. The molecule has 10 nitrogen and oxygen atoms in total. The van der Waals surface area contributed by atoms with E-state index in [0.717, 1.165) is 14.5 Å². The van der Waals surface area contributed by atoms with Crippen LogP contribution in [0.4, 0.5) is 5.95 Å². The Bertz CT molecular complexity index is 1290.